The summed E-state index contributed by atoms with van der Waals surface area (Å²) in [6.07, 6.45) is -0.0329. The molecule has 0 saturated carbocycles. The van der Waals surface area contributed by atoms with Crippen LogP contribution in [0, 0.1) is 0 Å². The smallest absolute Gasteiger partial charge is 0.404 e. The molecule has 1 atom stereocenters. The van der Waals surface area contributed by atoms with Crippen LogP contribution in [0.15, 0.2) is 0 Å². The summed E-state index contributed by atoms with van der Waals surface area (Å²) in [5.74, 6) is -0.00608. The molecule has 1 unspecified atom stereocenters. The van der Waals surface area contributed by atoms with Crippen LogP contribution in [0.3, 0.4) is 0 Å². The van der Waals surface area contributed by atoms with Gasteiger partial charge in [-0.2, -0.15) is 0 Å². The summed E-state index contributed by atoms with van der Waals surface area (Å²) in [6, 6.07) is -0.120. The number of carbonyl (C=O) groups excluding carboxylic acids is 1. The van der Waals surface area contributed by atoms with Gasteiger partial charge < -0.3 is 15.7 Å². The maximum absolute atomic E-state index is 10.6. The van der Waals surface area contributed by atoms with Crippen LogP contribution in [0.2, 0.25) is 0 Å². The van der Waals surface area contributed by atoms with Crippen molar-refractivity contribution in [1.29, 1.82) is 0 Å². The number of hydrogen-bond acceptors (Lipinski definition) is 2. The van der Waals surface area contributed by atoms with E-state index in [1.165, 1.54) is 0 Å². The third-order valence-corrected chi connectivity index (χ3v) is 1.59. The molecule has 1 saturated heterocycles. The van der Waals surface area contributed by atoms with Crippen LogP contribution in [-0.2, 0) is 4.79 Å². The van der Waals surface area contributed by atoms with Gasteiger partial charge in [0.15, 0.2) is 0 Å². The third-order valence-electron chi connectivity index (χ3n) is 1.59. The first-order valence-corrected chi connectivity index (χ1v) is 3.44. The minimum Gasteiger partial charge on any atom is -0.465 e. The summed E-state index contributed by atoms with van der Waals surface area (Å²) in [5, 5.41) is 13.2. The molecule has 5 heteroatoms. The molecule has 0 bridgehead atoms. The number of carbonyl (C=O) groups is 2. The fourth-order valence-electron chi connectivity index (χ4n) is 1.03. The highest BCUT2D eigenvalue weighted by atomic mass is 16.4. The first-order chi connectivity index (χ1) is 5.18. The molecule has 1 fully saturated rings. The van der Waals surface area contributed by atoms with Crippen molar-refractivity contribution in [3.05, 3.63) is 0 Å². The number of rotatable bonds is 1. The fraction of sp³-hybridized carbons (Fsp3) is 0.667. The average Bonchev–Trinajstić information content (AvgIpc) is 1.93. The van der Waals surface area contributed by atoms with Gasteiger partial charge in [0, 0.05) is 13.0 Å². The number of carboxylic acid groups (broad SMARTS) is 1. The van der Waals surface area contributed by atoms with Crippen molar-refractivity contribution in [2.75, 3.05) is 6.54 Å². The van der Waals surface area contributed by atoms with Gasteiger partial charge in [0.25, 0.3) is 0 Å². The summed E-state index contributed by atoms with van der Waals surface area (Å²) >= 11 is 0. The van der Waals surface area contributed by atoms with E-state index in [0.717, 1.165) is 0 Å². The minimum absolute atomic E-state index is 0.00608. The molecule has 0 aromatic heterocycles. The Balaban J connectivity index is 2.28. The Morgan fingerprint density at radius 1 is 1.73 bits per heavy atom. The standard InChI is InChI=1S/C6H10N2O3/c9-5-2-1-4(3-7-5)8-6(10)11/h4,8H,1-3H2,(H,7,9)(H,10,11). The van der Waals surface area contributed by atoms with Crippen molar-refractivity contribution >= 4 is 12.0 Å². The normalized spacial score (nSPS) is 24.0. The monoisotopic (exact) mass is 158 g/mol. The molecule has 1 aliphatic rings. The van der Waals surface area contributed by atoms with E-state index in [2.05, 4.69) is 10.6 Å². The Morgan fingerprint density at radius 3 is 2.91 bits per heavy atom. The molecule has 0 aromatic rings. The summed E-state index contributed by atoms with van der Waals surface area (Å²) in [4.78, 5) is 20.7. The van der Waals surface area contributed by atoms with E-state index < -0.39 is 6.09 Å². The van der Waals surface area contributed by atoms with E-state index in [1.807, 2.05) is 0 Å². The molecule has 0 radical (unpaired) electrons. The van der Waals surface area contributed by atoms with E-state index in [4.69, 9.17) is 5.11 Å². The predicted octanol–water partition coefficient (Wildman–Crippen LogP) is -0.467. The summed E-state index contributed by atoms with van der Waals surface area (Å²) in [5.41, 5.74) is 0. The van der Waals surface area contributed by atoms with Crippen LogP contribution in [0.5, 0.6) is 0 Å². The molecule has 0 aromatic carbocycles. The van der Waals surface area contributed by atoms with Crippen molar-refractivity contribution in [1.82, 2.24) is 10.6 Å². The van der Waals surface area contributed by atoms with E-state index in [-0.39, 0.29) is 11.9 Å². The number of hydrogen-bond donors (Lipinski definition) is 3. The quantitative estimate of drug-likeness (QED) is 0.483. The molecule has 2 amide bonds. The van der Waals surface area contributed by atoms with Gasteiger partial charge in [-0.25, -0.2) is 4.79 Å². The lowest BCUT2D eigenvalue weighted by molar-refractivity contribution is -0.122. The van der Waals surface area contributed by atoms with Crippen LogP contribution in [-0.4, -0.2) is 29.7 Å². The second kappa shape index (κ2) is 3.23. The number of amides is 2. The van der Waals surface area contributed by atoms with Gasteiger partial charge in [-0.3, -0.25) is 4.79 Å². The largest absolute Gasteiger partial charge is 0.465 e. The Morgan fingerprint density at radius 2 is 2.45 bits per heavy atom. The van der Waals surface area contributed by atoms with Gasteiger partial charge in [-0.1, -0.05) is 0 Å². The lowest BCUT2D eigenvalue weighted by Crippen LogP contribution is -2.47. The molecular weight excluding hydrogens is 148 g/mol. The molecule has 1 rings (SSSR count). The van der Waals surface area contributed by atoms with Gasteiger partial charge in [0.05, 0.1) is 6.04 Å². The van der Waals surface area contributed by atoms with Gasteiger partial charge in [-0.15, -0.1) is 0 Å². The fourth-order valence-corrected chi connectivity index (χ4v) is 1.03. The zero-order valence-corrected chi connectivity index (χ0v) is 5.96. The molecule has 1 aliphatic heterocycles. The highest BCUT2D eigenvalue weighted by molar-refractivity contribution is 5.77. The maximum Gasteiger partial charge on any atom is 0.404 e. The second-order valence-electron chi connectivity index (χ2n) is 2.49. The van der Waals surface area contributed by atoms with Gasteiger partial charge in [0.2, 0.25) is 5.91 Å². The highest BCUT2D eigenvalue weighted by Crippen LogP contribution is 2.01. The Kier molecular flexibility index (Phi) is 2.30. The minimum atomic E-state index is -1.04. The molecule has 62 valence electrons. The van der Waals surface area contributed by atoms with E-state index in [1.54, 1.807) is 0 Å². The van der Waals surface area contributed by atoms with Crippen LogP contribution >= 0.6 is 0 Å². The summed E-state index contributed by atoms with van der Waals surface area (Å²) < 4.78 is 0. The van der Waals surface area contributed by atoms with Gasteiger partial charge in [-0.05, 0) is 6.42 Å². The Bertz CT molecular complexity index is 171. The van der Waals surface area contributed by atoms with Crippen molar-refractivity contribution in [3.63, 3.8) is 0 Å². The predicted molar refractivity (Wildman–Crippen MR) is 37.2 cm³/mol. The van der Waals surface area contributed by atoms with E-state index in [0.29, 0.717) is 19.4 Å². The molecule has 11 heavy (non-hydrogen) atoms. The molecular formula is C6H10N2O3. The van der Waals surface area contributed by atoms with Crippen LogP contribution in [0.25, 0.3) is 0 Å². The van der Waals surface area contributed by atoms with Gasteiger partial charge in [0.1, 0.15) is 0 Å². The molecule has 5 nitrogen and oxygen atoms in total. The maximum atomic E-state index is 10.6. The van der Waals surface area contributed by atoms with Crippen molar-refractivity contribution in [3.8, 4) is 0 Å². The second-order valence-corrected chi connectivity index (χ2v) is 2.49. The molecule has 3 N–H and O–H groups in total. The SMILES string of the molecule is O=C(O)NC1CCC(=O)NC1. The first kappa shape index (κ1) is 7.84. The van der Waals surface area contributed by atoms with Crippen molar-refractivity contribution in [2.24, 2.45) is 0 Å². The van der Waals surface area contributed by atoms with Crippen LogP contribution in [0.4, 0.5) is 4.79 Å². The molecule has 0 aliphatic carbocycles. The molecule has 1 heterocycles. The average molecular weight is 158 g/mol. The molecule has 0 spiro atoms. The zero-order chi connectivity index (χ0) is 8.27. The third kappa shape index (κ3) is 2.45. The Labute approximate surface area is 63.8 Å². The topological polar surface area (TPSA) is 78.4 Å². The first-order valence-electron chi connectivity index (χ1n) is 3.44. The van der Waals surface area contributed by atoms with Crippen molar-refractivity contribution < 1.29 is 14.7 Å². The summed E-state index contributed by atoms with van der Waals surface area (Å²) in [6.45, 7) is 0.408. The number of nitrogens with one attached hydrogen (secondary N) is 2. The lowest BCUT2D eigenvalue weighted by Gasteiger charge is -2.21. The summed E-state index contributed by atoms with van der Waals surface area (Å²) in [7, 11) is 0. The van der Waals surface area contributed by atoms with E-state index in [9.17, 15) is 9.59 Å². The lowest BCUT2D eigenvalue weighted by atomic mass is 10.1. The van der Waals surface area contributed by atoms with Crippen molar-refractivity contribution in [2.45, 2.75) is 18.9 Å². The van der Waals surface area contributed by atoms with Gasteiger partial charge >= 0.3 is 6.09 Å². The highest BCUT2D eigenvalue weighted by Gasteiger charge is 2.18. The van der Waals surface area contributed by atoms with Crippen LogP contribution < -0.4 is 10.6 Å². The number of piperidine rings is 1. The van der Waals surface area contributed by atoms with Crippen LogP contribution in [0.1, 0.15) is 12.8 Å². The van der Waals surface area contributed by atoms with E-state index >= 15 is 0 Å². The zero-order valence-electron chi connectivity index (χ0n) is 5.96. The Hall–Kier alpha value is -1.26.